The lowest BCUT2D eigenvalue weighted by Gasteiger charge is -2.46. The summed E-state index contributed by atoms with van der Waals surface area (Å²) in [6.07, 6.45) is 3.88. The molecule has 0 aromatic heterocycles. The normalized spacial score (nSPS) is 31.4. The highest BCUT2D eigenvalue weighted by Crippen LogP contribution is 2.38. The van der Waals surface area contributed by atoms with E-state index in [2.05, 4.69) is 24.1 Å². The molecule has 110 valence electrons. The summed E-state index contributed by atoms with van der Waals surface area (Å²) in [6.45, 7) is 7.69. The number of nitrogens with one attached hydrogen (secondary N) is 1. The highest BCUT2D eigenvalue weighted by molar-refractivity contribution is 5.17. The maximum Gasteiger partial charge on any atom is 0.123 e. The first-order valence-corrected chi connectivity index (χ1v) is 7.83. The fourth-order valence-corrected chi connectivity index (χ4v) is 3.28. The van der Waals surface area contributed by atoms with Crippen LogP contribution in [0.3, 0.4) is 0 Å². The van der Waals surface area contributed by atoms with Crippen molar-refractivity contribution < 1.29 is 4.39 Å². The quantitative estimate of drug-likeness (QED) is 0.908. The molecule has 0 bridgehead atoms. The van der Waals surface area contributed by atoms with Gasteiger partial charge in [-0.05, 0) is 49.8 Å². The summed E-state index contributed by atoms with van der Waals surface area (Å²) in [5, 5.41) is 3.74. The highest BCUT2D eigenvalue weighted by Gasteiger charge is 2.41. The molecule has 2 unspecified atom stereocenters. The molecule has 0 amide bonds. The minimum atomic E-state index is -0.147. The second-order valence-corrected chi connectivity index (χ2v) is 6.73. The zero-order valence-corrected chi connectivity index (χ0v) is 12.5. The van der Waals surface area contributed by atoms with E-state index >= 15 is 0 Å². The Kier molecular flexibility index (Phi) is 3.83. The standard InChI is InChI=1S/C17H25FN2/c1-3-17(2)12-20(16(10-19-17)14-6-7-14)11-13-4-8-15(18)9-5-13/h4-5,8-9,14,16,19H,3,6-7,10-12H2,1-2H3. The molecule has 1 aromatic rings. The third-order valence-electron chi connectivity index (χ3n) is 5.00. The van der Waals surface area contributed by atoms with Gasteiger partial charge in [0.05, 0.1) is 0 Å². The van der Waals surface area contributed by atoms with E-state index < -0.39 is 0 Å². The Labute approximate surface area is 121 Å². The molecule has 1 heterocycles. The van der Waals surface area contributed by atoms with Crippen molar-refractivity contribution in [2.75, 3.05) is 13.1 Å². The summed E-state index contributed by atoms with van der Waals surface area (Å²) in [6, 6.07) is 7.64. The Morgan fingerprint density at radius 2 is 2.00 bits per heavy atom. The fraction of sp³-hybridized carbons (Fsp3) is 0.647. The molecule has 1 saturated heterocycles. The first-order chi connectivity index (χ1) is 9.59. The van der Waals surface area contributed by atoms with E-state index in [9.17, 15) is 4.39 Å². The van der Waals surface area contributed by atoms with Gasteiger partial charge in [-0.15, -0.1) is 0 Å². The zero-order valence-electron chi connectivity index (χ0n) is 12.5. The summed E-state index contributed by atoms with van der Waals surface area (Å²) in [7, 11) is 0. The molecule has 2 aliphatic rings. The van der Waals surface area contributed by atoms with Crippen LogP contribution in [0.25, 0.3) is 0 Å². The van der Waals surface area contributed by atoms with Crippen molar-refractivity contribution in [3.63, 3.8) is 0 Å². The first-order valence-electron chi connectivity index (χ1n) is 7.83. The van der Waals surface area contributed by atoms with Gasteiger partial charge in [0.15, 0.2) is 0 Å². The number of rotatable bonds is 4. The van der Waals surface area contributed by atoms with Gasteiger partial charge in [0.2, 0.25) is 0 Å². The molecular formula is C17H25FN2. The van der Waals surface area contributed by atoms with Crippen LogP contribution in [0.5, 0.6) is 0 Å². The van der Waals surface area contributed by atoms with Crippen molar-refractivity contribution in [3.05, 3.63) is 35.6 Å². The molecule has 3 heteroatoms. The van der Waals surface area contributed by atoms with E-state index in [0.29, 0.717) is 6.04 Å². The van der Waals surface area contributed by atoms with Gasteiger partial charge >= 0.3 is 0 Å². The Hall–Kier alpha value is -0.930. The van der Waals surface area contributed by atoms with E-state index in [0.717, 1.165) is 32.0 Å². The second-order valence-electron chi connectivity index (χ2n) is 6.73. The fourth-order valence-electron chi connectivity index (χ4n) is 3.28. The molecule has 20 heavy (non-hydrogen) atoms. The predicted octanol–water partition coefficient (Wildman–Crippen LogP) is 3.18. The van der Waals surface area contributed by atoms with Gasteiger partial charge in [-0.25, -0.2) is 4.39 Å². The predicted molar refractivity (Wildman–Crippen MR) is 80.0 cm³/mol. The molecule has 1 saturated carbocycles. The Balaban J connectivity index is 1.73. The maximum atomic E-state index is 13.0. The molecule has 2 nitrogen and oxygen atoms in total. The number of hydrogen-bond donors (Lipinski definition) is 1. The molecule has 0 spiro atoms. The lowest BCUT2D eigenvalue weighted by Crippen LogP contribution is -2.62. The van der Waals surface area contributed by atoms with Gasteiger partial charge < -0.3 is 5.32 Å². The van der Waals surface area contributed by atoms with Crippen LogP contribution in [0.4, 0.5) is 4.39 Å². The molecular weight excluding hydrogens is 251 g/mol. The van der Waals surface area contributed by atoms with Crippen LogP contribution in [0, 0.1) is 11.7 Å². The van der Waals surface area contributed by atoms with Crippen molar-refractivity contribution in [2.45, 2.75) is 51.2 Å². The van der Waals surface area contributed by atoms with Gasteiger partial charge in [-0.1, -0.05) is 19.1 Å². The Morgan fingerprint density at radius 1 is 1.30 bits per heavy atom. The SMILES string of the molecule is CCC1(C)CN(Cc2ccc(F)cc2)C(C2CC2)CN1. The lowest BCUT2D eigenvalue weighted by molar-refractivity contribution is 0.0662. The second kappa shape index (κ2) is 5.45. The molecule has 3 rings (SSSR count). The van der Waals surface area contributed by atoms with Gasteiger partial charge in [-0.3, -0.25) is 4.90 Å². The van der Waals surface area contributed by atoms with Crippen LogP contribution in [0.2, 0.25) is 0 Å². The molecule has 1 N–H and O–H groups in total. The van der Waals surface area contributed by atoms with Crippen molar-refractivity contribution in [1.29, 1.82) is 0 Å². The lowest BCUT2D eigenvalue weighted by atomic mass is 9.91. The van der Waals surface area contributed by atoms with E-state index in [1.165, 1.54) is 18.4 Å². The number of hydrogen-bond acceptors (Lipinski definition) is 2. The summed E-state index contributed by atoms with van der Waals surface area (Å²) < 4.78 is 13.0. The average Bonchev–Trinajstić information content (AvgIpc) is 3.26. The summed E-state index contributed by atoms with van der Waals surface area (Å²) >= 11 is 0. The zero-order chi connectivity index (χ0) is 14.2. The maximum absolute atomic E-state index is 13.0. The molecule has 0 radical (unpaired) electrons. The number of halogens is 1. The van der Waals surface area contributed by atoms with Crippen molar-refractivity contribution >= 4 is 0 Å². The van der Waals surface area contributed by atoms with Crippen LogP contribution in [0.15, 0.2) is 24.3 Å². The summed E-state index contributed by atoms with van der Waals surface area (Å²) in [4.78, 5) is 2.62. The number of benzene rings is 1. The van der Waals surface area contributed by atoms with Gasteiger partial charge in [0, 0.05) is 31.2 Å². The van der Waals surface area contributed by atoms with E-state index in [-0.39, 0.29) is 11.4 Å². The Bertz CT molecular complexity index is 455. The third-order valence-corrected chi connectivity index (χ3v) is 5.00. The van der Waals surface area contributed by atoms with Crippen molar-refractivity contribution in [1.82, 2.24) is 10.2 Å². The van der Waals surface area contributed by atoms with Crippen LogP contribution >= 0.6 is 0 Å². The number of nitrogens with zero attached hydrogens (tertiary/aromatic N) is 1. The molecule has 2 atom stereocenters. The number of piperazine rings is 1. The van der Waals surface area contributed by atoms with Crippen LogP contribution in [0.1, 0.15) is 38.7 Å². The smallest absolute Gasteiger partial charge is 0.123 e. The monoisotopic (exact) mass is 276 g/mol. The molecule has 1 aromatic carbocycles. The molecule has 2 fully saturated rings. The van der Waals surface area contributed by atoms with Crippen LogP contribution < -0.4 is 5.32 Å². The van der Waals surface area contributed by atoms with E-state index in [4.69, 9.17) is 0 Å². The van der Waals surface area contributed by atoms with Crippen molar-refractivity contribution in [2.24, 2.45) is 5.92 Å². The minimum Gasteiger partial charge on any atom is -0.309 e. The average molecular weight is 276 g/mol. The van der Waals surface area contributed by atoms with Crippen LogP contribution in [-0.4, -0.2) is 29.6 Å². The largest absolute Gasteiger partial charge is 0.309 e. The minimum absolute atomic E-state index is 0.147. The van der Waals surface area contributed by atoms with Gasteiger partial charge in [-0.2, -0.15) is 0 Å². The van der Waals surface area contributed by atoms with Gasteiger partial charge in [0.25, 0.3) is 0 Å². The van der Waals surface area contributed by atoms with E-state index in [1.54, 1.807) is 12.1 Å². The highest BCUT2D eigenvalue weighted by atomic mass is 19.1. The molecule has 1 aliphatic carbocycles. The van der Waals surface area contributed by atoms with Crippen molar-refractivity contribution in [3.8, 4) is 0 Å². The summed E-state index contributed by atoms with van der Waals surface area (Å²) in [5.74, 6) is 0.718. The van der Waals surface area contributed by atoms with E-state index in [1.807, 2.05) is 12.1 Å². The molecule has 1 aliphatic heterocycles. The van der Waals surface area contributed by atoms with Gasteiger partial charge in [0.1, 0.15) is 5.82 Å². The Morgan fingerprint density at radius 3 is 2.60 bits per heavy atom. The van der Waals surface area contributed by atoms with Crippen LogP contribution in [-0.2, 0) is 6.54 Å². The first kappa shape index (κ1) is 14.0. The third kappa shape index (κ3) is 3.04. The summed E-state index contributed by atoms with van der Waals surface area (Å²) in [5.41, 5.74) is 1.43. The topological polar surface area (TPSA) is 15.3 Å².